The number of ether oxygens (including phenoxy) is 2. The first-order chi connectivity index (χ1) is 8.28. The van der Waals surface area contributed by atoms with Gasteiger partial charge in [0, 0.05) is 12.1 Å². The summed E-state index contributed by atoms with van der Waals surface area (Å²) in [6, 6.07) is 8.40. The van der Waals surface area contributed by atoms with Gasteiger partial charge in [0.1, 0.15) is 11.5 Å². The first kappa shape index (κ1) is 12.2. The Balaban J connectivity index is 1.85. The lowest BCUT2D eigenvalue weighted by Crippen LogP contribution is -2.28. The number of hydrogen-bond donors (Lipinski definition) is 1. The molecule has 0 radical (unpaired) electrons. The lowest BCUT2D eigenvalue weighted by molar-refractivity contribution is 0.196. The Labute approximate surface area is 103 Å². The van der Waals surface area contributed by atoms with Crippen LogP contribution in [0.4, 0.5) is 0 Å². The van der Waals surface area contributed by atoms with E-state index in [-0.39, 0.29) is 6.10 Å². The number of nitrogens with one attached hydrogen (secondary N) is 1. The number of methoxy groups -OCH3 is 1. The van der Waals surface area contributed by atoms with Crippen LogP contribution < -0.4 is 14.8 Å². The van der Waals surface area contributed by atoms with Crippen molar-refractivity contribution in [2.45, 2.75) is 38.3 Å². The van der Waals surface area contributed by atoms with Crippen molar-refractivity contribution in [1.29, 1.82) is 0 Å². The van der Waals surface area contributed by atoms with Gasteiger partial charge in [-0.15, -0.1) is 0 Å². The Morgan fingerprint density at radius 1 is 1.41 bits per heavy atom. The van der Waals surface area contributed by atoms with Crippen molar-refractivity contribution < 1.29 is 9.47 Å². The van der Waals surface area contributed by atoms with E-state index in [0.29, 0.717) is 6.04 Å². The number of benzene rings is 1. The summed E-state index contributed by atoms with van der Waals surface area (Å²) < 4.78 is 11.1. The maximum absolute atomic E-state index is 5.90. The molecule has 3 nitrogen and oxygen atoms in total. The van der Waals surface area contributed by atoms with Gasteiger partial charge in [-0.3, -0.25) is 0 Å². The number of hydrogen-bond acceptors (Lipinski definition) is 3. The van der Waals surface area contributed by atoms with E-state index in [9.17, 15) is 0 Å². The lowest BCUT2D eigenvalue weighted by Gasteiger charge is -2.18. The van der Waals surface area contributed by atoms with Crippen LogP contribution in [0.3, 0.4) is 0 Å². The normalized spacial score (nSPS) is 21.2. The van der Waals surface area contributed by atoms with Gasteiger partial charge < -0.3 is 14.8 Å². The molecule has 1 fully saturated rings. The van der Waals surface area contributed by atoms with Gasteiger partial charge in [-0.2, -0.15) is 0 Å². The number of rotatable bonds is 5. The van der Waals surface area contributed by atoms with Crippen molar-refractivity contribution in [1.82, 2.24) is 5.32 Å². The summed E-state index contributed by atoms with van der Waals surface area (Å²) in [5.41, 5.74) is 0. The van der Waals surface area contributed by atoms with Crippen LogP contribution in [-0.4, -0.2) is 25.8 Å². The molecule has 0 saturated carbocycles. The minimum Gasteiger partial charge on any atom is -0.497 e. The van der Waals surface area contributed by atoms with E-state index in [4.69, 9.17) is 9.47 Å². The standard InChI is InChI=1S/C14H21NO2/c1-11(9-12-5-4-8-15-12)17-14-7-3-6-13(10-14)16-2/h3,6-7,10-12,15H,4-5,8-9H2,1-2H3. The first-order valence-electron chi connectivity index (χ1n) is 6.32. The average Bonchev–Trinajstić information content (AvgIpc) is 2.82. The van der Waals surface area contributed by atoms with Crippen LogP contribution in [0.1, 0.15) is 26.2 Å². The Kier molecular flexibility index (Phi) is 4.26. The van der Waals surface area contributed by atoms with Crippen LogP contribution >= 0.6 is 0 Å². The Morgan fingerprint density at radius 2 is 2.24 bits per heavy atom. The third kappa shape index (κ3) is 3.63. The van der Waals surface area contributed by atoms with Crippen molar-refractivity contribution in [2.24, 2.45) is 0 Å². The average molecular weight is 235 g/mol. The fraction of sp³-hybridized carbons (Fsp3) is 0.571. The largest absolute Gasteiger partial charge is 0.497 e. The fourth-order valence-corrected chi connectivity index (χ4v) is 2.31. The quantitative estimate of drug-likeness (QED) is 0.851. The second-order valence-corrected chi connectivity index (χ2v) is 4.64. The van der Waals surface area contributed by atoms with E-state index in [2.05, 4.69) is 12.2 Å². The third-order valence-corrected chi connectivity index (χ3v) is 3.16. The zero-order valence-electron chi connectivity index (χ0n) is 10.6. The van der Waals surface area contributed by atoms with E-state index in [1.165, 1.54) is 12.8 Å². The molecule has 1 saturated heterocycles. The van der Waals surface area contributed by atoms with Gasteiger partial charge in [0.15, 0.2) is 0 Å². The second-order valence-electron chi connectivity index (χ2n) is 4.64. The highest BCUT2D eigenvalue weighted by Gasteiger charge is 2.17. The second kappa shape index (κ2) is 5.92. The van der Waals surface area contributed by atoms with E-state index < -0.39 is 0 Å². The molecule has 17 heavy (non-hydrogen) atoms. The molecular weight excluding hydrogens is 214 g/mol. The van der Waals surface area contributed by atoms with Crippen molar-refractivity contribution in [3.05, 3.63) is 24.3 Å². The maximum atomic E-state index is 5.90. The molecule has 0 aliphatic carbocycles. The maximum Gasteiger partial charge on any atom is 0.123 e. The summed E-state index contributed by atoms with van der Waals surface area (Å²) in [6.45, 7) is 3.27. The molecule has 2 unspecified atom stereocenters. The minimum atomic E-state index is 0.234. The smallest absolute Gasteiger partial charge is 0.123 e. The van der Waals surface area contributed by atoms with Crippen molar-refractivity contribution >= 4 is 0 Å². The molecule has 0 aromatic heterocycles. The summed E-state index contributed by atoms with van der Waals surface area (Å²) >= 11 is 0. The van der Waals surface area contributed by atoms with E-state index in [0.717, 1.165) is 24.5 Å². The monoisotopic (exact) mass is 235 g/mol. The van der Waals surface area contributed by atoms with Gasteiger partial charge in [0.05, 0.1) is 13.2 Å². The molecule has 1 N–H and O–H groups in total. The summed E-state index contributed by atoms with van der Waals surface area (Å²) in [4.78, 5) is 0. The zero-order chi connectivity index (χ0) is 12.1. The van der Waals surface area contributed by atoms with Crippen LogP contribution in [0.2, 0.25) is 0 Å². The predicted octanol–water partition coefficient (Wildman–Crippen LogP) is 2.60. The highest BCUT2D eigenvalue weighted by atomic mass is 16.5. The highest BCUT2D eigenvalue weighted by Crippen LogP contribution is 2.21. The molecular formula is C14H21NO2. The van der Waals surface area contributed by atoms with Crippen molar-refractivity contribution in [2.75, 3.05) is 13.7 Å². The topological polar surface area (TPSA) is 30.5 Å². The van der Waals surface area contributed by atoms with Crippen molar-refractivity contribution in [3.8, 4) is 11.5 Å². The van der Waals surface area contributed by atoms with Crippen LogP contribution in [0.5, 0.6) is 11.5 Å². The molecule has 0 bridgehead atoms. The van der Waals surface area contributed by atoms with Gasteiger partial charge in [0.2, 0.25) is 0 Å². The van der Waals surface area contributed by atoms with Crippen LogP contribution in [0, 0.1) is 0 Å². The highest BCUT2D eigenvalue weighted by molar-refractivity contribution is 5.32. The molecule has 1 aromatic rings. The summed E-state index contributed by atoms with van der Waals surface area (Å²) in [7, 11) is 1.67. The van der Waals surface area contributed by atoms with Gasteiger partial charge in [-0.25, -0.2) is 0 Å². The van der Waals surface area contributed by atoms with Gasteiger partial charge in [-0.05, 0) is 44.9 Å². The lowest BCUT2D eigenvalue weighted by atomic mass is 10.1. The Bertz CT molecular complexity index is 348. The molecule has 3 heteroatoms. The molecule has 2 atom stereocenters. The molecule has 2 rings (SSSR count). The van der Waals surface area contributed by atoms with Crippen LogP contribution in [0.25, 0.3) is 0 Å². The summed E-state index contributed by atoms with van der Waals surface area (Å²) in [6.07, 6.45) is 3.86. The van der Waals surface area contributed by atoms with Gasteiger partial charge in [0.25, 0.3) is 0 Å². The van der Waals surface area contributed by atoms with Crippen molar-refractivity contribution in [3.63, 3.8) is 0 Å². The van der Waals surface area contributed by atoms with Gasteiger partial charge in [-0.1, -0.05) is 6.07 Å². The van der Waals surface area contributed by atoms with Crippen LogP contribution in [0.15, 0.2) is 24.3 Å². The van der Waals surface area contributed by atoms with E-state index >= 15 is 0 Å². The first-order valence-corrected chi connectivity index (χ1v) is 6.32. The van der Waals surface area contributed by atoms with E-state index in [1.807, 2.05) is 24.3 Å². The fourth-order valence-electron chi connectivity index (χ4n) is 2.31. The van der Waals surface area contributed by atoms with E-state index in [1.54, 1.807) is 7.11 Å². The molecule has 0 amide bonds. The molecule has 1 heterocycles. The predicted molar refractivity (Wildman–Crippen MR) is 68.7 cm³/mol. The molecule has 1 aromatic carbocycles. The third-order valence-electron chi connectivity index (χ3n) is 3.16. The molecule has 1 aliphatic rings. The summed E-state index contributed by atoms with van der Waals surface area (Å²) in [5.74, 6) is 1.73. The SMILES string of the molecule is COc1cccc(OC(C)CC2CCCN2)c1. The minimum absolute atomic E-state index is 0.234. The Morgan fingerprint density at radius 3 is 2.94 bits per heavy atom. The van der Waals surface area contributed by atoms with Gasteiger partial charge >= 0.3 is 0 Å². The van der Waals surface area contributed by atoms with Crippen LogP contribution in [-0.2, 0) is 0 Å². The Hall–Kier alpha value is -1.22. The molecule has 1 aliphatic heterocycles. The zero-order valence-corrected chi connectivity index (χ0v) is 10.6. The molecule has 0 spiro atoms. The summed E-state index contributed by atoms with van der Waals surface area (Å²) in [5, 5.41) is 3.49. The molecule has 94 valence electrons.